The Bertz CT molecular complexity index is 385. The lowest BCUT2D eigenvalue weighted by molar-refractivity contribution is 1.21. The van der Waals surface area contributed by atoms with E-state index in [1.54, 1.807) is 0 Å². The van der Waals surface area contributed by atoms with E-state index < -0.39 is 0 Å². The molecule has 0 aromatic heterocycles. The van der Waals surface area contributed by atoms with Crippen LogP contribution in [0.3, 0.4) is 0 Å². The van der Waals surface area contributed by atoms with Crippen LogP contribution in [0.1, 0.15) is 25.8 Å². The van der Waals surface area contributed by atoms with Gasteiger partial charge in [0.2, 0.25) is 0 Å². The number of hydrogen-bond acceptors (Lipinski definition) is 1. The summed E-state index contributed by atoms with van der Waals surface area (Å²) in [5.74, 6) is 0. The Kier molecular flexibility index (Phi) is 8.31. The predicted molar refractivity (Wildman–Crippen MR) is 77.7 cm³/mol. The molecule has 0 radical (unpaired) electrons. The molecule has 1 N–H and O–H groups in total. The fraction of sp³-hybridized carbons (Fsp3) is 0.188. The van der Waals surface area contributed by atoms with E-state index in [1.807, 2.05) is 49.4 Å². The lowest BCUT2D eigenvalue weighted by Gasteiger charge is -2.04. The summed E-state index contributed by atoms with van der Waals surface area (Å²) < 4.78 is 0. The topological polar surface area (TPSA) is 23.9 Å². The molecule has 1 heteroatoms. The summed E-state index contributed by atoms with van der Waals surface area (Å²) in [5, 5.41) is 8.07. The first-order valence-corrected chi connectivity index (χ1v) is 5.76. The number of benzene rings is 1. The first kappa shape index (κ1) is 15.1. The standard InChI is InChI=1S/C14H17N.C2H4/c1-3-8-12(9-4-2)14(15)13-10-6-5-7-11-13;1-2/h3,5-11,15H,4H2,1-2H3;1-2H2/b8-3-,12-9+,15-14?;. The molecule has 17 heavy (non-hydrogen) atoms. The van der Waals surface area contributed by atoms with Crippen molar-refractivity contribution in [3.8, 4) is 0 Å². The average molecular weight is 227 g/mol. The fourth-order valence-corrected chi connectivity index (χ4v) is 1.42. The highest BCUT2D eigenvalue weighted by Gasteiger charge is 2.03. The minimum Gasteiger partial charge on any atom is -0.300 e. The van der Waals surface area contributed by atoms with Crippen molar-refractivity contribution in [2.45, 2.75) is 20.3 Å². The molecule has 0 spiro atoms. The van der Waals surface area contributed by atoms with Crippen LogP contribution >= 0.6 is 0 Å². The molecule has 1 nitrogen and oxygen atoms in total. The molecule has 1 aromatic carbocycles. The molecule has 0 aliphatic carbocycles. The molecule has 0 saturated heterocycles. The minimum atomic E-state index is 0.593. The molecule has 0 unspecified atom stereocenters. The van der Waals surface area contributed by atoms with Crippen LogP contribution in [0.5, 0.6) is 0 Å². The van der Waals surface area contributed by atoms with Crippen LogP contribution in [0.25, 0.3) is 0 Å². The molecular weight excluding hydrogens is 206 g/mol. The SMILES string of the molecule is C/C=C\C(=C/CC)C(=N)c1ccccc1.C=C. The van der Waals surface area contributed by atoms with Crippen LogP contribution in [0.2, 0.25) is 0 Å². The largest absolute Gasteiger partial charge is 0.300 e. The smallest absolute Gasteiger partial charge is 0.0681 e. The van der Waals surface area contributed by atoms with Crippen molar-refractivity contribution in [2.75, 3.05) is 0 Å². The van der Waals surface area contributed by atoms with Gasteiger partial charge in [-0.15, -0.1) is 13.2 Å². The van der Waals surface area contributed by atoms with Crippen molar-refractivity contribution in [1.82, 2.24) is 0 Å². The highest BCUT2D eigenvalue weighted by molar-refractivity contribution is 6.12. The van der Waals surface area contributed by atoms with Crippen molar-refractivity contribution in [1.29, 1.82) is 5.41 Å². The Labute approximate surface area is 105 Å². The number of allylic oxidation sites excluding steroid dienone is 4. The van der Waals surface area contributed by atoms with Gasteiger partial charge in [0.1, 0.15) is 0 Å². The van der Waals surface area contributed by atoms with Gasteiger partial charge in [0.25, 0.3) is 0 Å². The second kappa shape index (κ2) is 9.34. The Hall–Kier alpha value is -1.89. The van der Waals surface area contributed by atoms with Gasteiger partial charge in [0.15, 0.2) is 0 Å². The third-order valence-electron chi connectivity index (χ3n) is 2.12. The van der Waals surface area contributed by atoms with E-state index in [0.29, 0.717) is 5.71 Å². The molecular formula is C16H21N. The second-order valence-electron chi connectivity index (χ2n) is 3.31. The Morgan fingerprint density at radius 3 is 2.29 bits per heavy atom. The van der Waals surface area contributed by atoms with E-state index >= 15 is 0 Å². The van der Waals surface area contributed by atoms with E-state index in [1.165, 1.54) is 0 Å². The summed E-state index contributed by atoms with van der Waals surface area (Å²) >= 11 is 0. The quantitative estimate of drug-likeness (QED) is 0.435. The van der Waals surface area contributed by atoms with Crippen molar-refractivity contribution < 1.29 is 0 Å². The first-order chi connectivity index (χ1) is 8.29. The molecule has 0 heterocycles. The van der Waals surface area contributed by atoms with Crippen LogP contribution in [0, 0.1) is 5.41 Å². The lowest BCUT2D eigenvalue weighted by atomic mass is 10.0. The van der Waals surface area contributed by atoms with E-state index in [9.17, 15) is 0 Å². The van der Waals surface area contributed by atoms with Crippen LogP contribution in [-0.2, 0) is 0 Å². The van der Waals surface area contributed by atoms with Crippen LogP contribution < -0.4 is 0 Å². The molecule has 0 bridgehead atoms. The van der Waals surface area contributed by atoms with Crippen molar-refractivity contribution in [3.05, 3.63) is 72.9 Å². The molecule has 1 rings (SSSR count). The van der Waals surface area contributed by atoms with Crippen LogP contribution in [-0.4, -0.2) is 5.71 Å². The van der Waals surface area contributed by atoms with Gasteiger partial charge in [-0.3, -0.25) is 5.41 Å². The molecule has 0 aliphatic heterocycles. The summed E-state index contributed by atoms with van der Waals surface area (Å²) in [4.78, 5) is 0. The summed E-state index contributed by atoms with van der Waals surface area (Å²) in [5.41, 5.74) is 2.55. The van der Waals surface area contributed by atoms with Gasteiger partial charge < -0.3 is 0 Å². The first-order valence-electron chi connectivity index (χ1n) is 5.76. The van der Waals surface area contributed by atoms with E-state index in [4.69, 9.17) is 5.41 Å². The van der Waals surface area contributed by atoms with Gasteiger partial charge in [-0.2, -0.15) is 0 Å². The molecule has 0 atom stereocenters. The van der Waals surface area contributed by atoms with Gasteiger partial charge in [-0.1, -0.05) is 55.5 Å². The van der Waals surface area contributed by atoms with Gasteiger partial charge in [-0.05, 0) is 24.5 Å². The second-order valence-corrected chi connectivity index (χ2v) is 3.31. The molecule has 0 fully saturated rings. The Balaban J connectivity index is 0.00000121. The zero-order valence-electron chi connectivity index (χ0n) is 10.7. The maximum absolute atomic E-state index is 8.07. The summed E-state index contributed by atoms with van der Waals surface area (Å²) in [6.45, 7) is 10.1. The molecule has 0 saturated carbocycles. The fourth-order valence-electron chi connectivity index (χ4n) is 1.42. The average Bonchev–Trinajstić information content (AvgIpc) is 2.41. The molecule has 1 aromatic rings. The summed E-state index contributed by atoms with van der Waals surface area (Å²) in [7, 11) is 0. The molecule has 0 amide bonds. The third-order valence-corrected chi connectivity index (χ3v) is 2.12. The Morgan fingerprint density at radius 2 is 1.82 bits per heavy atom. The predicted octanol–water partition coefficient (Wildman–Crippen LogP) is 4.77. The van der Waals surface area contributed by atoms with Gasteiger partial charge >= 0.3 is 0 Å². The van der Waals surface area contributed by atoms with E-state index in [0.717, 1.165) is 17.6 Å². The summed E-state index contributed by atoms with van der Waals surface area (Å²) in [6.07, 6.45) is 6.99. The normalized spacial score (nSPS) is 10.8. The van der Waals surface area contributed by atoms with E-state index in [2.05, 4.69) is 26.2 Å². The van der Waals surface area contributed by atoms with Gasteiger partial charge in [0, 0.05) is 0 Å². The van der Waals surface area contributed by atoms with Gasteiger partial charge in [-0.25, -0.2) is 0 Å². The monoisotopic (exact) mass is 227 g/mol. The maximum atomic E-state index is 8.07. The minimum absolute atomic E-state index is 0.593. The molecule has 90 valence electrons. The van der Waals surface area contributed by atoms with Crippen LogP contribution in [0.4, 0.5) is 0 Å². The number of rotatable bonds is 4. The highest BCUT2D eigenvalue weighted by atomic mass is 14.4. The van der Waals surface area contributed by atoms with Gasteiger partial charge in [0.05, 0.1) is 5.71 Å². The summed E-state index contributed by atoms with van der Waals surface area (Å²) in [6, 6.07) is 9.83. The van der Waals surface area contributed by atoms with Crippen molar-refractivity contribution in [3.63, 3.8) is 0 Å². The van der Waals surface area contributed by atoms with Crippen LogP contribution in [0.15, 0.2) is 67.3 Å². The van der Waals surface area contributed by atoms with Crippen molar-refractivity contribution >= 4 is 5.71 Å². The number of nitrogens with one attached hydrogen (secondary N) is 1. The molecule has 0 aliphatic rings. The zero-order chi connectivity index (χ0) is 13.1. The zero-order valence-corrected chi connectivity index (χ0v) is 10.7. The third kappa shape index (κ3) is 5.12. The Morgan fingerprint density at radius 1 is 1.24 bits per heavy atom. The highest BCUT2D eigenvalue weighted by Crippen LogP contribution is 2.10. The maximum Gasteiger partial charge on any atom is 0.0681 e. The van der Waals surface area contributed by atoms with Crippen molar-refractivity contribution in [2.24, 2.45) is 0 Å². The lowest BCUT2D eigenvalue weighted by Crippen LogP contribution is -2.01. The number of hydrogen-bond donors (Lipinski definition) is 1. The van der Waals surface area contributed by atoms with E-state index in [-0.39, 0.29) is 0 Å².